The Hall–Kier alpha value is -6.74. The molecular weight excluding hydrogens is 709 g/mol. The molecule has 0 aliphatic carbocycles. The molecule has 2 heterocycles. The molecule has 7 rings (SSSR count). The van der Waals surface area contributed by atoms with Crippen LogP contribution in [0.1, 0.15) is 27.8 Å². The highest BCUT2D eigenvalue weighted by atomic mass is 16.5. The molecule has 0 spiro atoms. The van der Waals surface area contributed by atoms with Crippen molar-refractivity contribution in [3.05, 3.63) is 204 Å². The monoisotopic (exact) mass is 754 g/mol. The Morgan fingerprint density at radius 2 is 0.930 bits per heavy atom. The van der Waals surface area contributed by atoms with Gasteiger partial charge in [-0.3, -0.25) is 19.6 Å². The number of pyridine rings is 2. The van der Waals surface area contributed by atoms with Crippen molar-refractivity contribution in [3.8, 4) is 33.8 Å². The number of carbonyl (C=O) groups excluding carboxylic acids is 2. The van der Waals surface area contributed by atoms with Crippen LogP contribution in [0.2, 0.25) is 0 Å². The van der Waals surface area contributed by atoms with Crippen molar-refractivity contribution in [2.24, 2.45) is 11.5 Å². The normalized spacial score (nSPS) is 11.8. The summed E-state index contributed by atoms with van der Waals surface area (Å²) in [7, 11) is 0. The van der Waals surface area contributed by atoms with Crippen molar-refractivity contribution in [1.29, 1.82) is 0 Å². The van der Waals surface area contributed by atoms with Gasteiger partial charge in [0.25, 0.3) is 0 Å². The minimum Gasteiger partial charge on any atom is -0.508 e. The van der Waals surface area contributed by atoms with E-state index in [0.717, 1.165) is 44.5 Å². The number of benzene rings is 5. The number of Topliss-reactive ketones (excluding diaryl/α,β-unsaturated/α-hetero) is 2. The number of aromatic hydroxyl groups is 1. The summed E-state index contributed by atoms with van der Waals surface area (Å²) in [6.07, 6.45) is 8.28. The van der Waals surface area contributed by atoms with Gasteiger partial charge < -0.3 is 21.3 Å². The first-order valence-corrected chi connectivity index (χ1v) is 18.9. The maximum Gasteiger partial charge on any atom is 0.154 e. The van der Waals surface area contributed by atoms with E-state index in [-0.39, 0.29) is 30.2 Å². The predicted molar refractivity (Wildman–Crippen MR) is 225 cm³/mol. The molecule has 0 radical (unpaired) electrons. The zero-order chi connectivity index (χ0) is 39.8. The molecule has 7 aromatic rings. The second kappa shape index (κ2) is 20.3. The van der Waals surface area contributed by atoms with Gasteiger partial charge in [-0.2, -0.15) is 0 Å². The molecule has 0 saturated carbocycles. The average molecular weight is 755 g/mol. The number of nitrogens with two attached hydrogens (primary N) is 2. The molecule has 57 heavy (non-hydrogen) atoms. The number of rotatable bonds is 15. The molecule has 0 fully saturated rings. The van der Waals surface area contributed by atoms with E-state index >= 15 is 0 Å². The van der Waals surface area contributed by atoms with Gasteiger partial charge in [0.1, 0.15) is 18.1 Å². The van der Waals surface area contributed by atoms with Crippen molar-refractivity contribution in [2.75, 3.05) is 0 Å². The first kappa shape index (κ1) is 39.9. The second-order valence-corrected chi connectivity index (χ2v) is 13.8. The summed E-state index contributed by atoms with van der Waals surface area (Å²) in [5, 5.41) is 10.1. The second-order valence-electron chi connectivity index (χ2n) is 13.8. The Balaban J connectivity index is 0.000000199. The standard InChI is InChI=1S/C28H26N2O2.C21H20N2O2/c29-26(17-21-7-3-1-4-8-21)27(31)19-25-18-24(23-13-15-30-16-14-23)11-12-28(25)32-20-22-9-5-2-6-10-22;22-19(12-15-4-2-1-3-5-15)21(25)14-18-13-17(6-7-20(18)24)16-8-10-23-11-9-16/h1-16,18,26H,17,19-20,29H2;1-11,13,19,24H,12,14,22H2/t26-;19-/m00/s1. The van der Waals surface area contributed by atoms with Crippen LogP contribution in [0.15, 0.2) is 176 Å². The van der Waals surface area contributed by atoms with Gasteiger partial charge in [0.15, 0.2) is 11.6 Å². The van der Waals surface area contributed by atoms with Crippen LogP contribution in [0.5, 0.6) is 11.5 Å². The van der Waals surface area contributed by atoms with E-state index in [1.165, 1.54) is 0 Å². The zero-order valence-corrected chi connectivity index (χ0v) is 31.7. The Labute approximate surface area is 333 Å². The highest BCUT2D eigenvalue weighted by molar-refractivity contribution is 5.88. The Morgan fingerprint density at radius 3 is 1.42 bits per heavy atom. The van der Waals surface area contributed by atoms with E-state index in [1.807, 2.05) is 146 Å². The van der Waals surface area contributed by atoms with Gasteiger partial charge in [-0.25, -0.2) is 0 Å². The molecule has 286 valence electrons. The van der Waals surface area contributed by atoms with Crippen LogP contribution in [-0.2, 0) is 41.9 Å². The third kappa shape index (κ3) is 11.9. The quantitative estimate of drug-likeness (QED) is 0.0953. The SMILES string of the molecule is N[C@@H](Cc1ccccc1)C(=O)Cc1cc(-c2ccncc2)ccc1O.N[C@@H](Cc1ccccc1)C(=O)Cc1cc(-c2ccncc2)ccc1OCc1ccccc1. The summed E-state index contributed by atoms with van der Waals surface area (Å²) in [6.45, 7) is 0.437. The molecule has 8 heteroatoms. The lowest BCUT2D eigenvalue weighted by Crippen LogP contribution is -2.34. The lowest BCUT2D eigenvalue weighted by Gasteiger charge is -2.16. The van der Waals surface area contributed by atoms with Gasteiger partial charge in [0, 0.05) is 48.8 Å². The fourth-order valence-corrected chi connectivity index (χ4v) is 6.37. The summed E-state index contributed by atoms with van der Waals surface area (Å²) in [5.74, 6) is 0.710. The summed E-state index contributed by atoms with van der Waals surface area (Å²) in [6, 6.07) is 47.3. The molecule has 2 atom stereocenters. The van der Waals surface area contributed by atoms with Crippen LogP contribution in [0.4, 0.5) is 0 Å². The van der Waals surface area contributed by atoms with Crippen molar-refractivity contribution in [3.63, 3.8) is 0 Å². The third-order valence-corrected chi connectivity index (χ3v) is 9.56. The molecule has 0 saturated heterocycles. The zero-order valence-electron chi connectivity index (χ0n) is 31.7. The predicted octanol–water partition coefficient (Wildman–Crippen LogP) is 8.15. The number of ketones is 2. The summed E-state index contributed by atoms with van der Waals surface area (Å²) in [4.78, 5) is 33.6. The number of carbonyl (C=O) groups is 2. The molecule has 0 amide bonds. The van der Waals surface area contributed by atoms with Gasteiger partial charge in [0.2, 0.25) is 0 Å². The number of hydrogen-bond acceptors (Lipinski definition) is 8. The van der Waals surface area contributed by atoms with Gasteiger partial charge in [0.05, 0.1) is 12.1 Å². The van der Waals surface area contributed by atoms with Gasteiger partial charge in [-0.05, 0) is 100 Å². The van der Waals surface area contributed by atoms with E-state index in [2.05, 4.69) is 9.97 Å². The minimum atomic E-state index is -0.591. The van der Waals surface area contributed by atoms with Crippen LogP contribution in [-0.4, -0.2) is 38.7 Å². The lowest BCUT2D eigenvalue weighted by atomic mass is 9.96. The van der Waals surface area contributed by atoms with Crippen LogP contribution < -0.4 is 16.2 Å². The first-order valence-electron chi connectivity index (χ1n) is 18.9. The molecule has 8 nitrogen and oxygen atoms in total. The Kier molecular flexibility index (Phi) is 14.2. The minimum absolute atomic E-state index is 0.00899. The topological polar surface area (TPSA) is 141 Å². The fourth-order valence-electron chi connectivity index (χ4n) is 6.37. The average Bonchev–Trinajstić information content (AvgIpc) is 3.26. The van der Waals surface area contributed by atoms with E-state index < -0.39 is 12.1 Å². The first-order chi connectivity index (χ1) is 27.8. The Bertz CT molecular complexity index is 2330. The van der Waals surface area contributed by atoms with Crippen molar-refractivity contribution >= 4 is 11.6 Å². The lowest BCUT2D eigenvalue weighted by molar-refractivity contribution is -0.120. The number of aromatic nitrogens is 2. The molecule has 5 N–H and O–H groups in total. The van der Waals surface area contributed by atoms with E-state index in [0.29, 0.717) is 30.8 Å². The van der Waals surface area contributed by atoms with E-state index in [1.54, 1.807) is 30.9 Å². The number of ether oxygens (including phenoxy) is 1. The number of nitrogens with zero attached hydrogens (tertiary/aromatic N) is 2. The highest BCUT2D eigenvalue weighted by Crippen LogP contribution is 2.29. The molecule has 0 aliphatic rings. The van der Waals surface area contributed by atoms with Crippen LogP contribution in [0.25, 0.3) is 22.3 Å². The van der Waals surface area contributed by atoms with Gasteiger partial charge in [-0.1, -0.05) is 103 Å². The maximum absolute atomic E-state index is 13.0. The number of hydrogen-bond donors (Lipinski definition) is 3. The van der Waals surface area contributed by atoms with Crippen LogP contribution in [0, 0.1) is 0 Å². The molecular formula is C49H46N4O4. The van der Waals surface area contributed by atoms with Crippen molar-refractivity contribution in [1.82, 2.24) is 9.97 Å². The smallest absolute Gasteiger partial charge is 0.154 e. The van der Waals surface area contributed by atoms with Crippen LogP contribution in [0.3, 0.4) is 0 Å². The number of phenolic OH excluding ortho intramolecular Hbond substituents is 1. The highest BCUT2D eigenvalue weighted by Gasteiger charge is 2.19. The number of phenols is 1. The molecule has 0 unspecified atom stereocenters. The summed E-state index contributed by atoms with van der Waals surface area (Å²) >= 11 is 0. The largest absolute Gasteiger partial charge is 0.508 e. The van der Waals surface area contributed by atoms with Crippen molar-refractivity contribution in [2.45, 2.75) is 44.4 Å². The van der Waals surface area contributed by atoms with Crippen molar-refractivity contribution < 1.29 is 19.4 Å². The van der Waals surface area contributed by atoms with Gasteiger partial charge >= 0.3 is 0 Å². The maximum atomic E-state index is 13.0. The third-order valence-electron chi connectivity index (χ3n) is 9.56. The van der Waals surface area contributed by atoms with Gasteiger partial charge in [-0.15, -0.1) is 0 Å². The molecule has 2 aromatic heterocycles. The van der Waals surface area contributed by atoms with Crippen LogP contribution >= 0.6 is 0 Å². The summed E-state index contributed by atoms with van der Waals surface area (Å²) < 4.78 is 6.11. The molecule has 5 aromatic carbocycles. The van der Waals surface area contributed by atoms with E-state index in [4.69, 9.17) is 16.2 Å². The summed E-state index contributed by atoms with van der Waals surface area (Å²) in [5.41, 5.74) is 20.9. The Morgan fingerprint density at radius 1 is 0.509 bits per heavy atom. The molecule has 0 aliphatic heterocycles. The van der Waals surface area contributed by atoms with E-state index in [9.17, 15) is 14.7 Å². The molecule has 0 bridgehead atoms. The fraction of sp³-hybridized carbons (Fsp3) is 0.143.